The Morgan fingerprint density at radius 1 is 1.36 bits per heavy atom. The van der Waals surface area contributed by atoms with Crippen molar-refractivity contribution in [2.45, 2.75) is 23.0 Å². The highest BCUT2D eigenvalue weighted by atomic mass is 35.6. The fourth-order valence-corrected chi connectivity index (χ4v) is 0.214. The molecule has 0 aromatic heterocycles. The van der Waals surface area contributed by atoms with Gasteiger partial charge in [-0.15, -0.1) is 0 Å². The number of carbonyl (C=O) groups is 1. The standard InChI is InChI=1S/C4H8O2.CCl4/c1-2-3-4(5)6;2-1(3,4)5/h2-3H2,1H3,(H,5,6);. The lowest BCUT2D eigenvalue weighted by atomic mass is 10.4. The maximum absolute atomic E-state index is 9.60. The minimum Gasteiger partial charge on any atom is -0.481 e. The maximum Gasteiger partial charge on any atom is 0.303 e. The second-order valence-electron chi connectivity index (χ2n) is 1.57. The van der Waals surface area contributed by atoms with Gasteiger partial charge in [0, 0.05) is 6.42 Å². The van der Waals surface area contributed by atoms with E-state index < -0.39 is 9.22 Å². The van der Waals surface area contributed by atoms with E-state index in [1.165, 1.54) is 0 Å². The van der Waals surface area contributed by atoms with E-state index >= 15 is 0 Å². The van der Waals surface area contributed by atoms with Crippen LogP contribution in [0.3, 0.4) is 0 Å². The van der Waals surface area contributed by atoms with Crippen LogP contribution in [0.4, 0.5) is 0 Å². The highest BCUT2D eigenvalue weighted by molar-refractivity contribution is 6.83. The van der Waals surface area contributed by atoms with Crippen molar-refractivity contribution in [2.75, 3.05) is 0 Å². The topological polar surface area (TPSA) is 37.3 Å². The summed E-state index contributed by atoms with van der Waals surface area (Å²) in [5.74, 6) is -0.711. The van der Waals surface area contributed by atoms with Crippen LogP contribution < -0.4 is 0 Å². The molecule has 0 spiro atoms. The van der Waals surface area contributed by atoms with Crippen molar-refractivity contribution in [3.63, 3.8) is 0 Å². The van der Waals surface area contributed by atoms with Crippen LogP contribution in [0.5, 0.6) is 0 Å². The zero-order valence-electron chi connectivity index (χ0n) is 5.78. The van der Waals surface area contributed by atoms with E-state index in [-0.39, 0.29) is 0 Å². The van der Waals surface area contributed by atoms with Crippen molar-refractivity contribution in [1.29, 1.82) is 0 Å². The number of alkyl halides is 4. The molecule has 0 amide bonds. The van der Waals surface area contributed by atoms with Gasteiger partial charge >= 0.3 is 5.97 Å². The van der Waals surface area contributed by atoms with Gasteiger partial charge < -0.3 is 5.11 Å². The largest absolute Gasteiger partial charge is 0.481 e. The van der Waals surface area contributed by atoms with Crippen LogP contribution in [0.25, 0.3) is 0 Å². The first kappa shape index (κ1) is 14.2. The first-order valence-electron chi connectivity index (χ1n) is 2.74. The molecule has 0 aliphatic rings. The van der Waals surface area contributed by atoms with E-state index in [0.717, 1.165) is 6.42 Å². The molecule has 0 unspecified atom stereocenters. The minimum atomic E-state index is -1.61. The second-order valence-corrected chi connectivity index (χ2v) is 5.00. The summed E-state index contributed by atoms with van der Waals surface area (Å²) in [6.07, 6.45) is 1.02. The van der Waals surface area contributed by atoms with E-state index in [0.29, 0.717) is 6.42 Å². The van der Waals surface area contributed by atoms with Gasteiger partial charge in [-0.05, 0) is 6.42 Å². The summed E-state index contributed by atoms with van der Waals surface area (Å²) in [7, 11) is 0. The molecule has 0 aliphatic carbocycles. The Hall–Kier alpha value is 0.630. The van der Waals surface area contributed by atoms with E-state index in [1.54, 1.807) is 0 Å². The summed E-state index contributed by atoms with van der Waals surface area (Å²) in [6.45, 7) is 1.84. The molecule has 0 bridgehead atoms. The van der Waals surface area contributed by atoms with Gasteiger partial charge in [0.1, 0.15) is 0 Å². The normalized spacial score (nSPS) is 9.91. The highest BCUT2D eigenvalue weighted by Crippen LogP contribution is 2.29. The van der Waals surface area contributed by atoms with Crippen LogP contribution in [0.2, 0.25) is 0 Å². The van der Waals surface area contributed by atoms with Gasteiger partial charge in [0.15, 0.2) is 0 Å². The Kier molecular flexibility index (Phi) is 9.39. The molecular formula is C5H8Cl4O2. The second kappa shape index (κ2) is 7.29. The van der Waals surface area contributed by atoms with Gasteiger partial charge in [0.05, 0.1) is 0 Å². The van der Waals surface area contributed by atoms with Crippen LogP contribution in [0, 0.1) is 0 Å². The molecule has 6 heteroatoms. The first-order chi connectivity index (χ1) is 4.77. The molecule has 0 aromatic rings. The molecule has 11 heavy (non-hydrogen) atoms. The molecule has 0 aromatic carbocycles. The maximum atomic E-state index is 9.60. The molecule has 0 saturated heterocycles. The van der Waals surface area contributed by atoms with E-state index in [4.69, 9.17) is 51.5 Å². The molecule has 0 saturated carbocycles. The number of halogens is 4. The average Bonchev–Trinajstić information content (AvgIpc) is 1.58. The van der Waals surface area contributed by atoms with Crippen LogP contribution in [-0.2, 0) is 4.79 Å². The minimum absolute atomic E-state index is 0.292. The quantitative estimate of drug-likeness (QED) is 0.753. The monoisotopic (exact) mass is 240 g/mol. The highest BCUT2D eigenvalue weighted by Gasteiger charge is 2.11. The summed E-state index contributed by atoms with van der Waals surface area (Å²) in [5, 5.41) is 7.91. The lowest BCUT2D eigenvalue weighted by Crippen LogP contribution is -1.90. The molecule has 2 nitrogen and oxygen atoms in total. The van der Waals surface area contributed by atoms with Gasteiger partial charge in [-0.25, -0.2) is 0 Å². The lowest BCUT2D eigenvalue weighted by Gasteiger charge is -1.91. The fraction of sp³-hybridized carbons (Fsp3) is 0.800. The van der Waals surface area contributed by atoms with Crippen LogP contribution in [0.15, 0.2) is 0 Å². The Balaban J connectivity index is 0. The summed E-state index contributed by atoms with van der Waals surface area (Å²) in [4.78, 5) is 9.60. The first-order valence-corrected chi connectivity index (χ1v) is 4.26. The number of rotatable bonds is 2. The molecule has 0 heterocycles. The number of hydrogen-bond acceptors (Lipinski definition) is 1. The SMILES string of the molecule is CCCC(=O)O.ClC(Cl)(Cl)Cl. The molecule has 0 rings (SSSR count). The van der Waals surface area contributed by atoms with Crippen molar-refractivity contribution >= 4 is 52.4 Å². The molecule has 0 radical (unpaired) electrons. The zero-order chi connectivity index (χ0) is 9.49. The molecular weight excluding hydrogens is 234 g/mol. The fourth-order valence-electron chi connectivity index (χ4n) is 0.214. The van der Waals surface area contributed by atoms with Gasteiger partial charge in [-0.2, -0.15) is 0 Å². The van der Waals surface area contributed by atoms with Crippen molar-refractivity contribution in [1.82, 2.24) is 0 Å². The number of carboxylic acids is 1. The predicted octanol–water partition coefficient (Wildman–Crippen LogP) is 3.42. The Bertz CT molecular complexity index is 104. The predicted molar refractivity (Wildman–Crippen MR) is 48.7 cm³/mol. The lowest BCUT2D eigenvalue weighted by molar-refractivity contribution is -0.137. The van der Waals surface area contributed by atoms with E-state index in [1.807, 2.05) is 6.92 Å². The third-order valence-corrected chi connectivity index (χ3v) is 0.464. The van der Waals surface area contributed by atoms with Gasteiger partial charge in [-0.1, -0.05) is 53.3 Å². The Morgan fingerprint density at radius 2 is 1.64 bits per heavy atom. The van der Waals surface area contributed by atoms with Crippen LogP contribution in [-0.4, -0.2) is 14.3 Å². The number of aliphatic carboxylic acids is 1. The van der Waals surface area contributed by atoms with Gasteiger partial charge in [-0.3, -0.25) is 4.79 Å². The zero-order valence-corrected chi connectivity index (χ0v) is 8.81. The molecule has 0 fully saturated rings. The Morgan fingerprint density at radius 3 is 1.64 bits per heavy atom. The molecule has 68 valence electrons. The summed E-state index contributed by atoms with van der Waals surface area (Å²) in [6, 6.07) is 0. The van der Waals surface area contributed by atoms with E-state index in [2.05, 4.69) is 0 Å². The van der Waals surface area contributed by atoms with Crippen molar-refractivity contribution < 1.29 is 9.90 Å². The molecule has 1 N–H and O–H groups in total. The Labute approximate surface area is 85.4 Å². The van der Waals surface area contributed by atoms with E-state index in [9.17, 15) is 4.79 Å². The smallest absolute Gasteiger partial charge is 0.303 e. The van der Waals surface area contributed by atoms with Crippen molar-refractivity contribution in [3.05, 3.63) is 0 Å². The molecule has 0 aliphatic heterocycles. The average molecular weight is 242 g/mol. The summed E-state index contributed by atoms with van der Waals surface area (Å²) >= 11 is 19.3. The number of hydrogen-bond donors (Lipinski definition) is 1. The summed E-state index contributed by atoms with van der Waals surface area (Å²) in [5.41, 5.74) is 0. The van der Waals surface area contributed by atoms with Crippen LogP contribution >= 0.6 is 46.4 Å². The molecule has 0 atom stereocenters. The van der Waals surface area contributed by atoms with Gasteiger partial charge in [0.25, 0.3) is 3.25 Å². The van der Waals surface area contributed by atoms with Crippen LogP contribution in [0.1, 0.15) is 19.8 Å². The third-order valence-electron chi connectivity index (χ3n) is 0.464. The van der Waals surface area contributed by atoms with Crippen molar-refractivity contribution in [2.24, 2.45) is 0 Å². The summed E-state index contributed by atoms with van der Waals surface area (Å²) < 4.78 is -1.61. The van der Waals surface area contributed by atoms with Gasteiger partial charge in [0.2, 0.25) is 0 Å². The third kappa shape index (κ3) is 60.1. The van der Waals surface area contributed by atoms with Crippen molar-refractivity contribution in [3.8, 4) is 0 Å². The number of carboxylic acid groups (broad SMARTS) is 1.